The summed E-state index contributed by atoms with van der Waals surface area (Å²) in [7, 11) is 0. The van der Waals surface area contributed by atoms with Crippen molar-refractivity contribution in [3.63, 3.8) is 0 Å². The lowest BCUT2D eigenvalue weighted by molar-refractivity contribution is 0.566. The lowest BCUT2D eigenvalue weighted by Crippen LogP contribution is -2.29. The smallest absolute Gasteiger partial charge is 0.0369 e. The molecule has 2 rings (SSSR count). The Kier molecular flexibility index (Phi) is 4.06. The van der Waals surface area contributed by atoms with Crippen LogP contribution >= 0.6 is 0 Å². The van der Waals surface area contributed by atoms with Crippen LogP contribution < -0.4 is 10.2 Å². The summed E-state index contributed by atoms with van der Waals surface area (Å²) in [5.74, 6) is 0.610. The maximum atomic E-state index is 3.54. The summed E-state index contributed by atoms with van der Waals surface area (Å²) in [6.07, 6.45) is 1.23. The van der Waals surface area contributed by atoms with Crippen LogP contribution in [0.25, 0.3) is 0 Å². The second-order valence-electron chi connectivity index (χ2n) is 5.38. The van der Waals surface area contributed by atoms with Crippen LogP contribution in [0.15, 0.2) is 24.3 Å². The summed E-state index contributed by atoms with van der Waals surface area (Å²) in [5, 5.41) is 3.54. The average molecular weight is 232 g/mol. The first kappa shape index (κ1) is 12.4. The van der Waals surface area contributed by atoms with Gasteiger partial charge in [0.1, 0.15) is 0 Å². The fourth-order valence-electron chi connectivity index (χ4n) is 2.35. The molecule has 2 nitrogen and oxygen atoms in total. The van der Waals surface area contributed by atoms with Gasteiger partial charge in [0.05, 0.1) is 0 Å². The highest BCUT2D eigenvalue weighted by molar-refractivity contribution is 5.49. The normalized spacial score (nSPS) is 21.6. The summed E-state index contributed by atoms with van der Waals surface area (Å²) in [6, 6.07) is 9.65. The van der Waals surface area contributed by atoms with Crippen molar-refractivity contribution in [3.05, 3.63) is 29.8 Å². The van der Waals surface area contributed by atoms with Crippen LogP contribution in [0.2, 0.25) is 0 Å². The van der Waals surface area contributed by atoms with Gasteiger partial charge in [0.2, 0.25) is 0 Å². The Morgan fingerprint density at radius 2 is 2.12 bits per heavy atom. The van der Waals surface area contributed by atoms with Gasteiger partial charge in [-0.1, -0.05) is 26.0 Å². The van der Waals surface area contributed by atoms with E-state index in [1.807, 2.05) is 0 Å². The predicted molar refractivity (Wildman–Crippen MR) is 74.8 cm³/mol. The largest absolute Gasteiger partial charge is 0.370 e. The molecule has 94 valence electrons. The molecular weight excluding hydrogens is 208 g/mol. The molecule has 1 N–H and O–H groups in total. The minimum atomic E-state index is 0.610. The Balaban J connectivity index is 2.13. The first-order valence-corrected chi connectivity index (χ1v) is 6.75. The molecule has 1 aromatic rings. The third kappa shape index (κ3) is 3.22. The van der Waals surface area contributed by atoms with Crippen LogP contribution in [-0.4, -0.2) is 25.7 Å². The summed E-state index contributed by atoms with van der Waals surface area (Å²) in [6.45, 7) is 10.2. The molecule has 1 unspecified atom stereocenters. The van der Waals surface area contributed by atoms with Crippen molar-refractivity contribution in [3.8, 4) is 0 Å². The van der Waals surface area contributed by atoms with Gasteiger partial charge in [0.25, 0.3) is 0 Å². The molecule has 1 atom stereocenters. The Bertz CT molecular complexity index is 360. The van der Waals surface area contributed by atoms with E-state index in [1.165, 1.54) is 17.7 Å². The van der Waals surface area contributed by atoms with Gasteiger partial charge in [-0.2, -0.15) is 0 Å². The zero-order valence-electron chi connectivity index (χ0n) is 11.2. The zero-order chi connectivity index (χ0) is 12.3. The number of rotatable bonds is 2. The first-order valence-electron chi connectivity index (χ1n) is 6.75. The molecule has 0 aromatic heterocycles. The van der Waals surface area contributed by atoms with E-state index >= 15 is 0 Å². The van der Waals surface area contributed by atoms with E-state index in [1.54, 1.807) is 0 Å². The summed E-state index contributed by atoms with van der Waals surface area (Å²) >= 11 is 0. The number of hydrogen-bond donors (Lipinski definition) is 1. The van der Waals surface area contributed by atoms with E-state index in [9.17, 15) is 0 Å². The Hall–Kier alpha value is -1.02. The lowest BCUT2D eigenvalue weighted by Gasteiger charge is -2.23. The molecule has 2 heteroatoms. The highest BCUT2D eigenvalue weighted by Gasteiger charge is 2.13. The molecule has 1 aromatic carbocycles. The van der Waals surface area contributed by atoms with Crippen LogP contribution in [0.5, 0.6) is 0 Å². The maximum Gasteiger partial charge on any atom is 0.0369 e. The molecule has 0 amide bonds. The molecule has 0 bridgehead atoms. The Morgan fingerprint density at radius 1 is 1.29 bits per heavy atom. The van der Waals surface area contributed by atoms with Gasteiger partial charge >= 0.3 is 0 Å². The number of benzene rings is 1. The third-order valence-electron chi connectivity index (χ3n) is 3.61. The number of nitrogens with one attached hydrogen (secondary N) is 1. The second kappa shape index (κ2) is 5.54. The molecule has 1 saturated heterocycles. The SMILES string of the molecule is CC1CCN(c2cccc(C(C)C)c2)CCN1. The quantitative estimate of drug-likeness (QED) is 0.843. The highest BCUT2D eigenvalue weighted by atomic mass is 15.2. The Labute approximate surface area is 105 Å². The van der Waals surface area contributed by atoms with Gasteiger partial charge in [-0.05, 0) is 37.0 Å². The molecule has 0 saturated carbocycles. The van der Waals surface area contributed by atoms with E-state index < -0.39 is 0 Å². The standard InChI is InChI=1S/C15H24N2/c1-12(2)14-5-4-6-15(11-14)17-9-7-13(3)16-8-10-17/h4-6,11-13,16H,7-10H2,1-3H3. The monoisotopic (exact) mass is 232 g/mol. The molecule has 17 heavy (non-hydrogen) atoms. The van der Waals surface area contributed by atoms with Gasteiger partial charge < -0.3 is 10.2 Å². The van der Waals surface area contributed by atoms with Crippen molar-refractivity contribution in [2.24, 2.45) is 0 Å². The molecule has 1 aliphatic heterocycles. The van der Waals surface area contributed by atoms with Gasteiger partial charge in [0, 0.05) is 31.4 Å². The molecule has 0 spiro atoms. The van der Waals surface area contributed by atoms with Crippen LogP contribution in [0.1, 0.15) is 38.7 Å². The van der Waals surface area contributed by atoms with E-state index in [-0.39, 0.29) is 0 Å². The van der Waals surface area contributed by atoms with Gasteiger partial charge in [-0.25, -0.2) is 0 Å². The van der Waals surface area contributed by atoms with Crippen molar-refractivity contribution in [2.45, 2.75) is 39.2 Å². The lowest BCUT2D eigenvalue weighted by atomic mass is 10.0. The van der Waals surface area contributed by atoms with Crippen molar-refractivity contribution in [1.82, 2.24) is 5.32 Å². The number of anilines is 1. The Morgan fingerprint density at radius 3 is 2.88 bits per heavy atom. The van der Waals surface area contributed by atoms with Crippen molar-refractivity contribution in [2.75, 3.05) is 24.5 Å². The van der Waals surface area contributed by atoms with Gasteiger partial charge in [0.15, 0.2) is 0 Å². The van der Waals surface area contributed by atoms with Gasteiger partial charge in [-0.15, -0.1) is 0 Å². The van der Waals surface area contributed by atoms with Crippen molar-refractivity contribution < 1.29 is 0 Å². The second-order valence-corrected chi connectivity index (χ2v) is 5.38. The third-order valence-corrected chi connectivity index (χ3v) is 3.61. The van der Waals surface area contributed by atoms with E-state index in [4.69, 9.17) is 0 Å². The van der Waals surface area contributed by atoms with E-state index in [0.717, 1.165) is 19.6 Å². The van der Waals surface area contributed by atoms with Crippen LogP contribution in [0, 0.1) is 0 Å². The van der Waals surface area contributed by atoms with E-state index in [2.05, 4.69) is 55.3 Å². The number of nitrogens with zero attached hydrogens (tertiary/aromatic N) is 1. The number of hydrogen-bond acceptors (Lipinski definition) is 2. The topological polar surface area (TPSA) is 15.3 Å². The van der Waals surface area contributed by atoms with Crippen LogP contribution in [-0.2, 0) is 0 Å². The van der Waals surface area contributed by atoms with Crippen LogP contribution in [0.4, 0.5) is 5.69 Å². The predicted octanol–water partition coefficient (Wildman–Crippen LogP) is 3.00. The average Bonchev–Trinajstić information content (AvgIpc) is 2.54. The fraction of sp³-hybridized carbons (Fsp3) is 0.600. The molecule has 0 radical (unpaired) electrons. The minimum Gasteiger partial charge on any atom is -0.370 e. The molecular formula is C15H24N2. The first-order chi connectivity index (χ1) is 8.16. The summed E-state index contributed by atoms with van der Waals surface area (Å²) in [4.78, 5) is 2.50. The summed E-state index contributed by atoms with van der Waals surface area (Å²) in [5.41, 5.74) is 2.82. The van der Waals surface area contributed by atoms with Crippen molar-refractivity contribution in [1.29, 1.82) is 0 Å². The highest BCUT2D eigenvalue weighted by Crippen LogP contribution is 2.22. The zero-order valence-corrected chi connectivity index (χ0v) is 11.2. The summed E-state index contributed by atoms with van der Waals surface area (Å²) < 4.78 is 0. The molecule has 1 fully saturated rings. The van der Waals surface area contributed by atoms with Crippen LogP contribution in [0.3, 0.4) is 0 Å². The fourth-order valence-corrected chi connectivity index (χ4v) is 2.35. The van der Waals surface area contributed by atoms with Gasteiger partial charge in [-0.3, -0.25) is 0 Å². The molecule has 1 heterocycles. The molecule has 0 aliphatic carbocycles. The van der Waals surface area contributed by atoms with E-state index in [0.29, 0.717) is 12.0 Å². The van der Waals surface area contributed by atoms with Crippen molar-refractivity contribution >= 4 is 5.69 Å². The molecule has 1 aliphatic rings. The minimum absolute atomic E-state index is 0.610. The maximum absolute atomic E-state index is 3.54.